The summed E-state index contributed by atoms with van der Waals surface area (Å²) in [4.78, 5) is 55.2. The third-order valence-corrected chi connectivity index (χ3v) is 8.73. The van der Waals surface area contributed by atoms with Gasteiger partial charge in [0, 0.05) is 24.7 Å². The van der Waals surface area contributed by atoms with E-state index in [0.29, 0.717) is 17.5 Å². The number of hydrogen-bond donors (Lipinski definition) is 0. The van der Waals surface area contributed by atoms with Crippen LogP contribution in [0.15, 0.2) is 60.7 Å². The lowest BCUT2D eigenvalue weighted by molar-refractivity contribution is -0.139. The normalized spacial score (nSPS) is 33.7. The number of carbonyl (C=O) groups is 4. The van der Waals surface area contributed by atoms with Crippen LogP contribution >= 0.6 is 0 Å². The van der Waals surface area contributed by atoms with Crippen molar-refractivity contribution in [1.29, 1.82) is 0 Å². The fourth-order valence-electron chi connectivity index (χ4n) is 7.01. The number of imide groups is 1. The van der Waals surface area contributed by atoms with Crippen LogP contribution in [0.3, 0.4) is 0 Å². The lowest BCUT2D eigenvalue weighted by Gasteiger charge is -2.37. The zero-order chi connectivity index (χ0) is 24.7. The van der Waals surface area contributed by atoms with Crippen molar-refractivity contribution in [3.63, 3.8) is 0 Å². The summed E-state index contributed by atoms with van der Waals surface area (Å²) in [5.74, 6) is -0.392. The van der Waals surface area contributed by atoms with Crippen molar-refractivity contribution in [3.05, 3.63) is 66.2 Å². The predicted octanol–water partition coefficient (Wildman–Crippen LogP) is 3.51. The Balaban J connectivity index is 1.08. The Labute approximate surface area is 208 Å². The largest absolute Gasteiger partial charge is 0.426 e. The van der Waals surface area contributed by atoms with E-state index in [4.69, 9.17) is 4.74 Å². The number of amides is 3. The van der Waals surface area contributed by atoms with Gasteiger partial charge in [-0.2, -0.15) is 0 Å². The summed E-state index contributed by atoms with van der Waals surface area (Å²) in [7, 11) is 0. The summed E-state index contributed by atoms with van der Waals surface area (Å²) < 4.78 is 5.64. The van der Waals surface area contributed by atoms with Crippen LogP contribution in [-0.4, -0.2) is 30.2 Å². The maximum absolute atomic E-state index is 13.4. The molecule has 0 aromatic heterocycles. The zero-order valence-corrected chi connectivity index (χ0v) is 19.9. The molecule has 2 saturated heterocycles. The third kappa shape index (κ3) is 3.11. The van der Waals surface area contributed by atoms with E-state index in [-0.39, 0.29) is 60.1 Å². The summed E-state index contributed by atoms with van der Waals surface area (Å²) in [6, 6.07) is 14.2. The average molecular weight is 483 g/mol. The monoisotopic (exact) mass is 482 g/mol. The van der Waals surface area contributed by atoms with Gasteiger partial charge in [-0.05, 0) is 66.8 Å². The Morgan fingerprint density at radius 2 is 1.56 bits per heavy atom. The number of allylic oxidation sites excluding steroid dienone is 2. The van der Waals surface area contributed by atoms with Crippen LogP contribution in [-0.2, 0) is 19.2 Å². The Morgan fingerprint density at radius 3 is 2.25 bits per heavy atom. The van der Waals surface area contributed by atoms with E-state index < -0.39 is 11.9 Å². The van der Waals surface area contributed by atoms with E-state index in [1.165, 1.54) is 4.90 Å². The number of ether oxygens (including phenoxy) is 1. The van der Waals surface area contributed by atoms with Crippen LogP contribution in [0.4, 0.5) is 11.4 Å². The highest BCUT2D eigenvalue weighted by Crippen LogP contribution is 2.65. The first-order chi connectivity index (χ1) is 17.4. The molecule has 7 nitrogen and oxygen atoms in total. The lowest BCUT2D eigenvalue weighted by atomic mass is 9.63. The second-order valence-electron chi connectivity index (χ2n) is 10.8. The molecule has 0 N–H and O–H groups in total. The molecule has 2 bridgehead atoms. The van der Waals surface area contributed by atoms with Gasteiger partial charge in [-0.1, -0.05) is 30.4 Å². The fraction of sp³-hybridized carbons (Fsp3) is 0.379. The maximum atomic E-state index is 13.4. The smallest absolute Gasteiger partial charge is 0.316 e. The zero-order valence-electron chi connectivity index (χ0n) is 19.9. The molecule has 36 heavy (non-hydrogen) atoms. The molecule has 182 valence electrons. The van der Waals surface area contributed by atoms with Crippen LogP contribution in [0.2, 0.25) is 0 Å². The Kier molecular flexibility index (Phi) is 4.56. The molecule has 2 saturated carbocycles. The number of carbonyl (C=O) groups excluding carboxylic acids is 4. The van der Waals surface area contributed by atoms with Crippen molar-refractivity contribution in [2.45, 2.75) is 19.8 Å². The molecule has 3 amide bonds. The summed E-state index contributed by atoms with van der Waals surface area (Å²) in [6.07, 6.45) is 5.50. The highest BCUT2D eigenvalue weighted by Gasteiger charge is 2.67. The number of benzene rings is 2. The van der Waals surface area contributed by atoms with Crippen LogP contribution in [0.25, 0.3) is 0 Å². The highest BCUT2D eigenvalue weighted by molar-refractivity contribution is 6.22. The van der Waals surface area contributed by atoms with Crippen LogP contribution < -0.4 is 14.5 Å². The van der Waals surface area contributed by atoms with E-state index in [1.807, 2.05) is 31.2 Å². The molecular formula is C29H26N2O5. The van der Waals surface area contributed by atoms with Gasteiger partial charge >= 0.3 is 5.97 Å². The molecule has 7 heteroatoms. The Morgan fingerprint density at radius 1 is 0.889 bits per heavy atom. The molecule has 8 rings (SSSR count). The molecule has 2 aliphatic heterocycles. The molecular weight excluding hydrogens is 456 g/mol. The molecule has 2 aromatic rings. The van der Waals surface area contributed by atoms with Crippen molar-refractivity contribution in [2.75, 3.05) is 16.3 Å². The van der Waals surface area contributed by atoms with Gasteiger partial charge < -0.3 is 9.64 Å². The summed E-state index contributed by atoms with van der Waals surface area (Å²) in [5.41, 5.74) is 2.24. The van der Waals surface area contributed by atoms with Gasteiger partial charge in [0.25, 0.3) is 0 Å². The molecule has 0 spiro atoms. The van der Waals surface area contributed by atoms with Gasteiger partial charge in [-0.3, -0.25) is 19.2 Å². The first-order valence-corrected chi connectivity index (χ1v) is 12.7. The quantitative estimate of drug-likeness (QED) is 0.288. The number of nitrogens with zero attached hydrogens (tertiary/aromatic N) is 2. The first-order valence-electron chi connectivity index (χ1n) is 12.7. The number of aryl methyl sites for hydroxylation is 1. The average Bonchev–Trinajstić information content (AvgIpc) is 3.54. The van der Waals surface area contributed by atoms with Crippen LogP contribution in [0, 0.1) is 48.3 Å². The number of rotatable bonds is 4. The molecule has 0 unspecified atom stereocenters. The third-order valence-electron chi connectivity index (χ3n) is 8.73. The van der Waals surface area contributed by atoms with Crippen molar-refractivity contribution in [2.24, 2.45) is 41.4 Å². The molecule has 4 aliphatic carbocycles. The minimum absolute atomic E-state index is 0.0804. The predicted molar refractivity (Wildman–Crippen MR) is 131 cm³/mol. The molecule has 4 fully saturated rings. The fourth-order valence-corrected chi connectivity index (χ4v) is 7.01. The Bertz CT molecular complexity index is 1330. The van der Waals surface area contributed by atoms with E-state index in [1.54, 1.807) is 29.2 Å². The highest BCUT2D eigenvalue weighted by atomic mass is 16.5. The van der Waals surface area contributed by atoms with E-state index in [0.717, 1.165) is 17.7 Å². The lowest BCUT2D eigenvalue weighted by Crippen LogP contribution is -2.40. The summed E-state index contributed by atoms with van der Waals surface area (Å²) >= 11 is 0. The number of anilines is 2. The molecule has 7 atom stereocenters. The molecule has 2 aromatic carbocycles. The molecule has 2 heterocycles. The van der Waals surface area contributed by atoms with Gasteiger partial charge in [0.1, 0.15) is 5.75 Å². The molecule has 0 radical (unpaired) electrons. The van der Waals surface area contributed by atoms with Crippen LogP contribution in [0.5, 0.6) is 5.75 Å². The van der Waals surface area contributed by atoms with E-state index >= 15 is 0 Å². The molecule has 6 aliphatic rings. The van der Waals surface area contributed by atoms with Gasteiger partial charge in [0.15, 0.2) is 0 Å². The van der Waals surface area contributed by atoms with Crippen molar-refractivity contribution < 1.29 is 23.9 Å². The number of hydrogen-bond acceptors (Lipinski definition) is 5. The van der Waals surface area contributed by atoms with Crippen LogP contribution in [0.1, 0.15) is 18.4 Å². The first kappa shape index (κ1) is 21.5. The second kappa shape index (κ2) is 7.63. The topological polar surface area (TPSA) is 84.0 Å². The SMILES string of the molecule is Cc1cccc(N2C[C@H](C(=O)Oc3cccc(N4C(=O)[C@@H]5[C@H]6C=C[C@@H]([C@@H]7C[C@H]67)[C@@H]5C4=O)c3)CC2=O)c1. The van der Waals surface area contributed by atoms with Gasteiger partial charge in [-0.25, -0.2) is 4.90 Å². The standard InChI is InChI=1S/C29H26N2O5/c1-15-4-2-5-17(10-15)30-14-16(11-24(30)32)29(35)36-19-7-3-6-18(12-19)31-27(33)25-20-8-9-21(23-13-22(20)23)26(25)28(31)34/h2-10,12,16,20-23,25-26H,11,13-14H2,1H3/t16-,20+,21+,22-,23+,25-,26+/m1/s1. The van der Waals surface area contributed by atoms with Gasteiger partial charge in [0.2, 0.25) is 17.7 Å². The Hall–Kier alpha value is -3.74. The summed E-state index contributed by atoms with van der Waals surface area (Å²) in [6.45, 7) is 2.21. The minimum Gasteiger partial charge on any atom is -0.426 e. The second-order valence-corrected chi connectivity index (χ2v) is 10.8. The minimum atomic E-state index is -0.590. The van der Waals surface area contributed by atoms with Crippen molar-refractivity contribution in [1.82, 2.24) is 0 Å². The number of esters is 1. The van der Waals surface area contributed by atoms with Gasteiger partial charge in [0.05, 0.1) is 23.4 Å². The van der Waals surface area contributed by atoms with Crippen molar-refractivity contribution >= 4 is 35.1 Å². The summed E-state index contributed by atoms with van der Waals surface area (Å²) in [5, 5.41) is 0. The van der Waals surface area contributed by atoms with E-state index in [2.05, 4.69) is 12.2 Å². The maximum Gasteiger partial charge on any atom is 0.316 e. The van der Waals surface area contributed by atoms with Crippen molar-refractivity contribution in [3.8, 4) is 5.75 Å². The van der Waals surface area contributed by atoms with E-state index in [9.17, 15) is 19.2 Å². The van der Waals surface area contributed by atoms with Gasteiger partial charge in [-0.15, -0.1) is 0 Å².